The second kappa shape index (κ2) is 7.07. The Morgan fingerprint density at radius 2 is 1.74 bits per heavy atom. The van der Waals surface area contributed by atoms with Gasteiger partial charge in [-0.2, -0.15) is 0 Å². The van der Waals surface area contributed by atoms with Gasteiger partial charge in [0.05, 0.1) is 10.3 Å². The third-order valence-corrected chi connectivity index (χ3v) is 5.98. The number of primary sulfonamides is 1. The lowest BCUT2D eigenvalue weighted by atomic mass is 10.1. The standard InChI is InChI=1S/C19H16N4O2S2/c20-27(24,25)15-8-6-13(7-9-15)10-21-18-17-16(14-4-2-1-3-5-14)11-26-19(17)23-12-22-18/h1-9,11-12H,10H2,(H2,20,24,25)(H,21,22,23). The lowest BCUT2D eigenvalue weighted by molar-refractivity contribution is 0.598. The summed E-state index contributed by atoms with van der Waals surface area (Å²) in [6.07, 6.45) is 1.54. The van der Waals surface area contributed by atoms with E-state index in [4.69, 9.17) is 5.14 Å². The molecular weight excluding hydrogens is 380 g/mol. The Morgan fingerprint density at radius 1 is 1.00 bits per heavy atom. The maximum Gasteiger partial charge on any atom is 0.238 e. The van der Waals surface area contributed by atoms with Gasteiger partial charge in [0.15, 0.2) is 0 Å². The first-order valence-electron chi connectivity index (χ1n) is 8.15. The maximum atomic E-state index is 11.4. The second-order valence-corrected chi connectivity index (χ2v) is 8.38. The Morgan fingerprint density at radius 3 is 2.44 bits per heavy atom. The van der Waals surface area contributed by atoms with Crippen molar-refractivity contribution in [2.45, 2.75) is 11.4 Å². The molecular formula is C19H16N4O2S2. The van der Waals surface area contributed by atoms with Crippen LogP contribution in [0, 0.1) is 0 Å². The molecule has 0 amide bonds. The van der Waals surface area contributed by atoms with E-state index in [0.29, 0.717) is 6.54 Å². The van der Waals surface area contributed by atoms with Crippen molar-refractivity contribution in [3.05, 3.63) is 71.9 Å². The number of aromatic nitrogens is 2. The van der Waals surface area contributed by atoms with Crippen molar-refractivity contribution in [3.8, 4) is 11.1 Å². The van der Waals surface area contributed by atoms with E-state index in [-0.39, 0.29) is 4.90 Å². The number of hydrogen-bond donors (Lipinski definition) is 2. The summed E-state index contributed by atoms with van der Waals surface area (Å²) in [5, 5.41) is 11.5. The third kappa shape index (κ3) is 3.68. The first-order chi connectivity index (χ1) is 13.0. The third-order valence-electron chi connectivity index (χ3n) is 4.17. The van der Waals surface area contributed by atoms with Gasteiger partial charge < -0.3 is 5.32 Å². The Labute approximate surface area is 160 Å². The molecule has 0 radical (unpaired) electrons. The number of anilines is 1. The number of rotatable bonds is 5. The molecule has 0 unspecified atom stereocenters. The van der Waals surface area contributed by atoms with Gasteiger partial charge in [-0.3, -0.25) is 0 Å². The van der Waals surface area contributed by atoms with Gasteiger partial charge in [0.25, 0.3) is 0 Å². The van der Waals surface area contributed by atoms with Crippen molar-refractivity contribution < 1.29 is 8.42 Å². The minimum atomic E-state index is -3.68. The van der Waals surface area contributed by atoms with E-state index >= 15 is 0 Å². The van der Waals surface area contributed by atoms with Crippen molar-refractivity contribution in [2.75, 3.05) is 5.32 Å². The Balaban J connectivity index is 1.64. The maximum absolute atomic E-state index is 11.4. The van der Waals surface area contributed by atoms with Crippen molar-refractivity contribution in [3.63, 3.8) is 0 Å². The molecule has 0 saturated heterocycles. The van der Waals surface area contributed by atoms with E-state index in [0.717, 1.165) is 32.7 Å². The zero-order chi connectivity index (χ0) is 18.9. The van der Waals surface area contributed by atoms with Crippen LogP contribution in [0.3, 0.4) is 0 Å². The molecule has 2 aromatic heterocycles. The van der Waals surface area contributed by atoms with Gasteiger partial charge in [0.2, 0.25) is 10.0 Å². The van der Waals surface area contributed by atoms with Gasteiger partial charge in [-0.15, -0.1) is 11.3 Å². The molecule has 0 fully saturated rings. The number of benzene rings is 2. The monoisotopic (exact) mass is 396 g/mol. The number of thiophene rings is 1. The number of sulfonamides is 1. The summed E-state index contributed by atoms with van der Waals surface area (Å²) in [4.78, 5) is 9.78. The van der Waals surface area contributed by atoms with Gasteiger partial charge in [0.1, 0.15) is 17.0 Å². The molecule has 6 nitrogen and oxygen atoms in total. The average molecular weight is 396 g/mol. The minimum Gasteiger partial charge on any atom is -0.365 e. The van der Waals surface area contributed by atoms with Crippen LogP contribution in [0.15, 0.2) is 71.2 Å². The number of nitrogens with one attached hydrogen (secondary N) is 1. The molecule has 27 heavy (non-hydrogen) atoms. The van der Waals surface area contributed by atoms with E-state index in [2.05, 4.69) is 32.8 Å². The summed E-state index contributed by atoms with van der Waals surface area (Å²) in [5.74, 6) is 0.746. The van der Waals surface area contributed by atoms with Gasteiger partial charge in [-0.25, -0.2) is 23.5 Å². The van der Waals surface area contributed by atoms with Crippen LogP contribution in [0.5, 0.6) is 0 Å². The van der Waals surface area contributed by atoms with E-state index < -0.39 is 10.0 Å². The summed E-state index contributed by atoms with van der Waals surface area (Å²) in [5.41, 5.74) is 3.12. The Bertz CT molecular complexity index is 1190. The lowest BCUT2D eigenvalue weighted by Gasteiger charge is -2.09. The smallest absolute Gasteiger partial charge is 0.238 e. The largest absolute Gasteiger partial charge is 0.365 e. The van der Waals surface area contributed by atoms with Crippen LogP contribution < -0.4 is 10.5 Å². The highest BCUT2D eigenvalue weighted by atomic mass is 32.2. The fraction of sp³-hybridized carbons (Fsp3) is 0.0526. The molecule has 0 bridgehead atoms. The molecule has 3 N–H and O–H groups in total. The average Bonchev–Trinajstić information content (AvgIpc) is 3.11. The summed E-state index contributed by atoms with van der Waals surface area (Å²) < 4.78 is 22.7. The molecule has 0 aliphatic carbocycles. The van der Waals surface area contributed by atoms with Crippen LogP contribution in [0.1, 0.15) is 5.56 Å². The zero-order valence-electron chi connectivity index (χ0n) is 14.2. The molecule has 4 rings (SSSR count). The van der Waals surface area contributed by atoms with E-state index in [1.165, 1.54) is 12.1 Å². The molecule has 2 heterocycles. The van der Waals surface area contributed by atoms with E-state index in [9.17, 15) is 8.42 Å². The second-order valence-electron chi connectivity index (χ2n) is 5.96. The molecule has 0 spiro atoms. The van der Waals surface area contributed by atoms with Gasteiger partial charge in [-0.05, 0) is 23.3 Å². The SMILES string of the molecule is NS(=O)(=O)c1ccc(CNc2ncnc3scc(-c4ccccc4)c23)cc1. The molecule has 0 aliphatic heterocycles. The molecule has 0 saturated carbocycles. The number of fused-ring (bicyclic) bond motifs is 1. The van der Waals surface area contributed by atoms with Crippen LogP contribution in [0.4, 0.5) is 5.82 Å². The summed E-state index contributed by atoms with van der Waals surface area (Å²) in [6, 6.07) is 16.6. The first-order valence-corrected chi connectivity index (χ1v) is 10.6. The molecule has 0 atom stereocenters. The summed E-state index contributed by atoms with van der Waals surface area (Å²) in [7, 11) is -3.68. The lowest BCUT2D eigenvalue weighted by Crippen LogP contribution is -2.12. The van der Waals surface area contributed by atoms with E-state index in [1.807, 2.05) is 18.2 Å². The van der Waals surface area contributed by atoms with Crippen LogP contribution in [-0.2, 0) is 16.6 Å². The number of hydrogen-bond acceptors (Lipinski definition) is 6. The molecule has 2 aromatic carbocycles. The summed E-state index contributed by atoms with van der Waals surface area (Å²) >= 11 is 1.58. The topological polar surface area (TPSA) is 98.0 Å². The fourth-order valence-corrected chi connectivity index (χ4v) is 4.25. The van der Waals surface area contributed by atoms with Gasteiger partial charge in [-0.1, -0.05) is 42.5 Å². The molecule has 4 aromatic rings. The van der Waals surface area contributed by atoms with Crippen molar-refractivity contribution in [1.82, 2.24) is 9.97 Å². The zero-order valence-corrected chi connectivity index (χ0v) is 15.8. The van der Waals surface area contributed by atoms with Gasteiger partial charge in [0, 0.05) is 17.5 Å². The normalized spacial score (nSPS) is 11.6. The van der Waals surface area contributed by atoms with Crippen LogP contribution >= 0.6 is 11.3 Å². The molecule has 136 valence electrons. The predicted molar refractivity (Wildman–Crippen MR) is 108 cm³/mol. The van der Waals surface area contributed by atoms with Crippen LogP contribution in [0.2, 0.25) is 0 Å². The number of nitrogens with zero attached hydrogens (tertiary/aromatic N) is 2. The highest BCUT2D eigenvalue weighted by molar-refractivity contribution is 7.89. The fourth-order valence-electron chi connectivity index (χ4n) is 2.82. The number of nitrogens with two attached hydrogens (primary N) is 1. The van der Waals surface area contributed by atoms with Crippen molar-refractivity contribution in [1.29, 1.82) is 0 Å². The minimum absolute atomic E-state index is 0.0971. The molecule has 0 aliphatic rings. The van der Waals surface area contributed by atoms with Gasteiger partial charge >= 0.3 is 0 Å². The highest BCUT2D eigenvalue weighted by Gasteiger charge is 2.13. The molecule has 8 heteroatoms. The van der Waals surface area contributed by atoms with E-state index in [1.54, 1.807) is 29.8 Å². The van der Waals surface area contributed by atoms with Crippen LogP contribution in [0.25, 0.3) is 21.3 Å². The predicted octanol–water partition coefficient (Wildman–Crippen LogP) is 3.62. The highest BCUT2D eigenvalue weighted by Crippen LogP contribution is 2.36. The Kier molecular flexibility index (Phi) is 4.61. The quantitative estimate of drug-likeness (QED) is 0.537. The Hall–Kier alpha value is -2.81. The first kappa shape index (κ1) is 17.6. The van der Waals surface area contributed by atoms with Crippen molar-refractivity contribution in [2.24, 2.45) is 5.14 Å². The van der Waals surface area contributed by atoms with Crippen LogP contribution in [-0.4, -0.2) is 18.4 Å². The summed E-state index contributed by atoms with van der Waals surface area (Å²) in [6.45, 7) is 0.501. The van der Waals surface area contributed by atoms with Crippen molar-refractivity contribution >= 4 is 37.4 Å².